The van der Waals surface area contributed by atoms with Crippen LogP contribution in [-0.4, -0.2) is 5.97 Å². The molecular formula is C20H14O3. The van der Waals surface area contributed by atoms with Gasteiger partial charge >= 0.3 is 5.97 Å². The monoisotopic (exact) mass is 302 g/mol. The highest BCUT2D eigenvalue weighted by atomic mass is 16.5. The van der Waals surface area contributed by atoms with Crippen LogP contribution in [0.3, 0.4) is 0 Å². The predicted molar refractivity (Wildman–Crippen MR) is 86.7 cm³/mol. The van der Waals surface area contributed by atoms with Crippen LogP contribution in [0.2, 0.25) is 0 Å². The van der Waals surface area contributed by atoms with E-state index in [9.17, 15) is 4.79 Å². The zero-order valence-corrected chi connectivity index (χ0v) is 12.3. The first-order valence-electron chi connectivity index (χ1n) is 7.44. The summed E-state index contributed by atoms with van der Waals surface area (Å²) in [6.07, 6.45) is -0.343. The van der Waals surface area contributed by atoms with Crippen molar-refractivity contribution in [1.29, 1.82) is 0 Å². The van der Waals surface area contributed by atoms with E-state index in [1.807, 2.05) is 72.8 Å². The first kappa shape index (κ1) is 13.6. The fraction of sp³-hybridized carbons (Fsp3) is 0.0500. The summed E-state index contributed by atoms with van der Waals surface area (Å²) in [7, 11) is 0. The summed E-state index contributed by atoms with van der Waals surface area (Å²) < 4.78 is 11.3. The number of hydrogen-bond donors (Lipinski definition) is 0. The molecule has 0 amide bonds. The molecule has 1 heterocycles. The van der Waals surface area contributed by atoms with Crippen molar-refractivity contribution in [3.8, 4) is 11.5 Å². The molecule has 0 saturated carbocycles. The minimum absolute atomic E-state index is 0.268. The lowest BCUT2D eigenvalue weighted by molar-refractivity contribution is 0.0456. The molecule has 1 aliphatic rings. The third-order valence-electron chi connectivity index (χ3n) is 3.85. The highest BCUT2D eigenvalue weighted by molar-refractivity contribution is 5.94. The van der Waals surface area contributed by atoms with Crippen molar-refractivity contribution in [2.24, 2.45) is 0 Å². The van der Waals surface area contributed by atoms with Crippen LogP contribution in [0.15, 0.2) is 78.9 Å². The van der Waals surface area contributed by atoms with Gasteiger partial charge < -0.3 is 9.47 Å². The molecule has 23 heavy (non-hydrogen) atoms. The smallest absolute Gasteiger partial charge is 0.339 e. The largest absolute Gasteiger partial charge is 0.457 e. The number of hydrogen-bond acceptors (Lipinski definition) is 3. The minimum atomic E-state index is -0.343. The standard InChI is InChI=1S/C20H14O3/c21-20-18-9-5-4-8-17(18)19(23-20)14-10-12-16(13-11-14)22-15-6-2-1-3-7-15/h1-13,19H. The lowest BCUT2D eigenvalue weighted by atomic mass is 9.99. The Kier molecular flexibility index (Phi) is 3.31. The Morgan fingerprint density at radius 1 is 0.739 bits per heavy atom. The third kappa shape index (κ3) is 2.57. The van der Waals surface area contributed by atoms with Gasteiger partial charge in [0, 0.05) is 5.56 Å². The molecule has 4 rings (SSSR count). The van der Waals surface area contributed by atoms with E-state index < -0.39 is 0 Å². The second kappa shape index (κ2) is 5.61. The highest BCUT2D eigenvalue weighted by Crippen LogP contribution is 2.36. The Bertz CT molecular complexity index is 838. The van der Waals surface area contributed by atoms with Crippen LogP contribution in [0.5, 0.6) is 11.5 Å². The van der Waals surface area contributed by atoms with Gasteiger partial charge in [-0.2, -0.15) is 0 Å². The number of cyclic esters (lactones) is 1. The van der Waals surface area contributed by atoms with E-state index >= 15 is 0 Å². The van der Waals surface area contributed by atoms with E-state index in [1.165, 1.54) is 0 Å². The maximum absolute atomic E-state index is 11.9. The van der Waals surface area contributed by atoms with Crippen LogP contribution in [0.1, 0.15) is 27.6 Å². The Morgan fingerprint density at radius 3 is 2.17 bits per heavy atom. The van der Waals surface area contributed by atoms with Gasteiger partial charge in [-0.15, -0.1) is 0 Å². The molecule has 0 bridgehead atoms. The number of rotatable bonds is 3. The maximum atomic E-state index is 11.9. The molecule has 0 fully saturated rings. The van der Waals surface area contributed by atoms with Crippen LogP contribution in [0.4, 0.5) is 0 Å². The lowest BCUT2D eigenvalue weighted by Crippen LogP contribution is -2.00. The van der Waals surface area contributed by atoms with Gasteiger partial charge in [-0.3, -0.25) is 0 Å². The maximum Gasteiger partial charge on any atom is 0.339 e. The molecule has 1 unspecified atom stereocenters. The number of carbonyl (C=O) groups excluding carboxylic acids is 1. The summed E-state index contributed by atoms with van der Waals surface area (Å²) in [5.41, 5.74) is 2.49. The first-order chi connectivity index (χ1) is 11.3. The molecule has 0 aromatic heterocycles. The molecule has 3 nitrogen and oxygen atoms in total. The van der Waals surface area contributed by atoms with Crippen molar-refractivity contribution in [2.75, 3.05) is 0 Å². The Labute approximate surface area is 134 Å². The topological polar surface area (TPSA) is 35.5 Å². The molecule has 3 aromatic carbocycles. The third-order valence-corrected chi connectivity index (χ3v) is 3.85. The van der Waals surface area contributed by atoms with Crippen molar-refractivity contribution in [3.05, 3.63) is 95.6 Å². The van der Waals surface area contributed by atoms with E-state index in [0.29, 0.717) is 5.56 Å². The van der Waals surface area contributed by atoms with Crippen molar-refractivity contribution in [3.63, 3.8) is 0 Å². The molecule has 1 atom stereocenters. The second-order valence-electron chi connectivity index (χ2n) is 5.36. The normalized spacial score (nSPS) is 15.8. The number of fused-ring (bicyclic) bond motifs is 1. The van der Waals surface area contributed by atoms with Crippen LogP contribution >= 0.6 is 0 Å². The highest BCUT2D eigenvalue weighted by Gasteiger charge is 2.31. The number of carbonyl (C=O) groups is 1. The van der Waals surface area contributed by atoms with E-state index in [4.69, 9.17) is 9.47 Å². The van der Waals surface area contributed by atoms with Crippen LogP contribution in [-0.2, 0) is 4.74 Å². The van der Waals surface area contributed by atoms with Crippen molar-refractivity contribution >= 4 is 5.97 Å². The van der Waals surface area contributed by atoms with Crippen molar-refractivity contribution in [2.45, 2.75) is 6.10 Å². The van der Waals surface area contributed by atoms with Gasteiger partial charge in [-0.05, 0) is 35.9 Å². The second-order valence-corrected chi connectivity index (χ2v) is 5.36. The van der Waals surface area contributed by atoms with Gasteiger partial charge in [0.05, 0.1) is 5.56 Å². The summed E-state index contributed by atoms with van der Waals surface area (Å²) in [6.45, 7) is 0. The Morgan fingerprint density at radius 2 is 1.39 bits per heavy atom. The fourth-order valence-electron chi connectivity index (χ4n) is 2.73. The lowest BCUT2D eigenvalue weighted by Gasteiger charge is -2.12. The Balaban J connectivity index is 1.59. The van der Waals surface area contributed by atoms with E-state index in [1.54, 1.807) is 6.07 Å². The molecule has 0 saturated heterocycles. The van der Waals surface area contributed by atoms with Gasteiger partial charge in [0.25, 0.3) is 0 Å². The van der Waals surface area contributed by atoms with Gasteiger partial charge in [-0.25, -0.2) is 4.79 Å². The Hall–Kier alpha value is -3.07. The fourth-order valence-corrected chi connectivity index (χ4v) is 2.73. The first-order valence-corrected chi connectivity index (χ1v) is 7.44. The van der Waals surface area contributed by atoms with Gasteiger partial charge in [0.15, 0.2) is 6.10 Å². The minimum Gasteiger partial charge on any atom is -0.457 e. The number of esters is 1. The number of ether oxygens (including phenoxy) is 2. The summed E-state index contributed by atoms with van der Waals surface area (Å²) in [6, 6.07) is 24.7. The molecule has 112 valence electrons. The molecule has 0 N–H and O–H groups in total. The summed E-state index contributed by atoms with van der Waals surface area (Å²) in [5, 5.41) is 0. The van der Waals surface area contributed by atoms with Crippen molar-refractivity contribution in [1.82, 2.24) is 0 Å². The van der Waals surface area contributed by atoms with Gasteiger partial charge in [0.2, 0.25) is 0 Å². The summed E-state index contributed by atoms with van der Waals surface area (Å²) in [4.78, 5) is 11.9. The number of benzene rings is 3. The summed E-state index contributed by atoms with van der Waals surface area (Å²) >= 11 is 0. The predicted octanol–water partition coefficient (Wildman–Crippen LogP) is 4.74. The molecule has 3 heteroatoms. The number of para-hydroxylation sites is 1. The molecule has 0 radical (unpaired) electrons. The average Bonchev–Trinajstić information content (AvgIpc) is 2.94. The molecule has 1 aliphatic heterocycles. The SMILES string of the molecule is O=C1OC(c2ccc(Oc3ccccc3)cc2)c2ccccc21. The molecule has 3 aromatic rings. The van der Waals surface area contributed by atoms with E-state index in [2.05, 4.69) is 0 Å². The zero-order chi connectivity index (χ0) is 15.6. The van der Waals surface area contributed by atoms with Crippen LogP contribution in [0.25, 0.3) is 0 Å². The van der Waals surface area contributed by atoms with Gasteiger partial charge in [-0.1, -0.05) is 48.5 Å². The zero-order valence-electron chi connectivity index (χ0n) is 12.3. The van der Waals surface area contributed by atoms with E-state index in [-0.39, 0.29) is 12.1 Å². The average molecular weight is 302 g/mol. The quantitative estimate of drug-likeness (QED) is 0.656. The van der Waals surface area contributed by atoms with Gasteiger partial charge in [0.1, 0.15) is 11.5 Å². The summed E-state index contributed by atoms with van der Waals surface area (Å²) in [5.74, 6) is 1.27. The van der Waals surface area contributed by atoms with Crippen LogP contribution in [0, 0.1) is 0 Å². The molecule has 0 spiro atoms. The molecular weight excluding hydrogens is 288 g/mol. The van der Waals surface area contributed by atoms with Crippen molar-refractivity contribution < 1.29 is 14.3 Å². The van der Waals surface area contributed by atoms with E-state index in [0.717, 1.165) is 22.6 Å². The van der Waals surface area contributed by atoms with Crippen LogP contribution < -0.4 is 4.74 Å². The molecule has 0 aliphatic carbocycles.